The van der Waals surface area contributed by atoms with Crippen LogP contribution in [0.2, 0.25) is 5.02 Å². The fraction of sp³-hybridized carbons (Fsp3) is 0.280. The van der Waals surface area contributed by atoms with E-state index in [2.05, 4.69) is 15.6 Å². The van der Waals surface area contributed by atoms with Crippen LogP contribution in [0.3, 0.4) is 0 Å². The zero-order valence-corrected chi connectivity index (χ0v) is 19.9. The van der Waals surface area contributed by atoms with Gasteiger partial charge in [-0.1, -0.05) is 17.7 Å². The van der Waals surface area contributed by atoms with E-state index in [0.29, 0.717) is 41.6 Å². The van der Waals surface area contributed by atoms with Crippen molar-refractivity contribution in [2.75, 3.05) is 23.7 Å². The highest BCUT2D eigenvalue weighted by molar-refractivity contribution is 7.14. The lowest BCUT2D eigenvalue weighted by Gasteiger charge is -2.32. The lowest BCUT2D eigenvalue weighted by molar-refractivity contribution is -0.121. The van der Waals surface area contributed by atoms with E-state index in [9.17, 15) is 14.4 Å². The predicted octanol–water partition coefficient (Wildman–Crippen LogP) is 4.84. The van der Waals surface area contributed by atoms with Gasteiger partial charge in [-0.3, -0.25) is 14.4 Å². The molecule has 0 radical (unpaired) electrons. The maximum atomic E-state index is 12.9. The number of piperidine rings is 1. The number of amides is 3. The molecule has 2 aliphatic heterocycles. The molecule has 2 aliphatic rings. The van der Waals surface area contributed by atoms with Crippen molar-refractivity contribution in [1.29, 1.82) is 0 Å². The first-order chi connectivity index (χ1) is 16.5. The predicted molar refractivity (Wildman–Crippen MR) is 133 cm³/mol. The molecule has 174 valence electrons. The van der Waals surface area contributed by atoms with E-state index in [1.165, 1.54) is 11.3 Å². The van der Waals surface area contributed by atoms with Gasteiger partial charge in [0.2, 0.25) is 11.8 Å². The molecule has 5 rings (SSSR count). The SMILES string of the molecule is O=C1CCc2cc(-c3csc(NC(=O)C4CCCN(C(=O)c5ccc(Cl)cc5)C4)n3)ccc2N1. The summed E-state index contributed by atoms with van der Waals surface area (Å²) in [6, 6.07) is 12.7. The van der Waals surface area contributed by atoms with Crippen molar-refractivity contribution in [1.82, 2.24) is 9.88 Å². The van der Waals surface area contributed by atoms with Crippen LogP contribution >= 0.6 is 22.9 Å². The Labute approximate surface area is 206 Å². The molecule has 2 aromatic carbocycles. The Bertz CT molecular complexity index is 1260. The van der Waals surface area contributed by atoms with E-state index >= 15 is 0 Å². The number of aromatic nitrogens is 1. The number of carbonyl (C=O) groups excluding carboxylic acids is 3. The summed E-state index contributed by atoms with van der Waals surface area (Å²) in [4.78, 5) is 43.7. The highest BCUT2D eigenvalue weighted by Gasteiger charge is 2.29. The Morgan fingerprint density at radius 1 is 1.15 bits per heavy atom. The molecule has 1 unspecified atom stereocenters. The first-order valence-electron chi connectivity index (χ1n) is 11.2. The van der Waals surface area contributed by atoms with E-state index in [-0.39, 0.29) is 23.6 Å². The first-order valence-corrected chi connectivity index (χ1v) is 12.5. The number of aryl methyl sites for hydroxylation is 1. The maximum absolute atomic E-state index is 12.9. The minimum atomic E-state index is -0.287. The minimum absolute atomic E-state index is 0.0371. The third-order valence-electron chi connectivity index (χ3n) is 6.20. The van der Waals surface area contributed by atoms with Crippen LogP contribution in [0.25, 0.3) is 11.3 Å². The normalized spacial score (nSPS) is 17.6. The summed E-state index contributed by atoms with van der Waals surface area (Å²) in [7, 11) is 0. The Balaban J connectivity index is 1.23. The molecule has 7 nitrogen and oxygen atoms in total. The Kier molecular flexibility index (Phi) is 6.34. The molecule has 3 heterocycles. The number of fused-ring (bicyclic) bond motifs is 1. The lowest BCUT2D eigenvalue weighted by atomic mass is 9.96. The Hall–Kier alpha value is -3.23. The molecular weight excluding hydrogens is 472 g/mol. The van der Waals surface area contributed by atoms with Crippen LogP contribution in [-0.4, -0.2) is 40.7 Å². The summed E-state index contributed by atoms with van der Waals surface area (Å²) >= 11 is 7.30. The van der Waals surface area contributed by atoms with Gasteiger partial charge in [-0.15, -0.1) is 11.3 Å². The van der Waals surface area contributed by atoms with Crippen LogP contribution in [0, 0.1) is 5.92 Å². The van der Waals surface area contributed by atoms with Crippen LogP contribution in [0.4, 0.5) is 10.8 Å². The van der Waals surface area contributed by atoms with Crippen molar-refractivity contribution in [2.24, 2.45) is 5.92 Å². The summed E-state index contributed by atoms with van der Waals surface area (Å²) in [5.41, 5.74) is 4.23. The molecule has 0 spiro atoms. The zero-order chi connectivity index (χ0) is 23.7. The molecule has 2 N–H and O–H groups in total. The number of thiazole rings is 1. The Morgan fingerprint density at radius 2 is 1.97 bits per heavy atom. The van der Waals surface area contributed by atoms with Gasteiger partial charge in [0.15, 0.2) is 5.13 Å². The van der Waals surface area contributed by atoms with E-state index in [1.807, 2.05) is 23.6 Å². The molecule has 9 heteroatoms. The van der Waals surface area contributed by atoms with Crippen molar-refractivity contribution < 1.29 is 14.4 Å². The quantitative estimate of drug-likeness (QED) is 0.543. The van der Waals surface area contributed by atoms with Crippen molar-refractivity contribution >= 4 is 51.5 Å². The number of hydrogen-bond donors (Lipinski definition) is 2. The lowest BCUT2D eigenvalue weighted by Crippen LogP contribution is -2.43. The van der Waals surface area contributed by atoms with Gasteiger partial charge in [0.25, 0.3) is 5.91 Å². The topological polar surface area (TPSA) is 91.4 Å². The van der Waals surface area contributed by atoms with Gasteiger partial charge in [0.1, 0.15) is 0 Å². The molecule has 0 saturated carbocycles. The van der Waals surface area contributed by atoms with Crippen LogP contribution in [-0.2, 0) is 16.0 Å². The van der Waals surface area contributed by atoms with Gasteiger partial charge < -0.3 is 15.5 Å². The first kappa shape index (κ1) is 22.6. The second kappa shape index (κ2) is 9.56. The molecule has 1 saturated heterocycles. The number of carbonyl (C=O) groups is 3. The number of nitrogens with one attached hydrogen (secondary N) is 2. The smallest absolute Gasteiger partial charge is 0.253 e. The molecule has 1 atom stereocenters. The van der Waals surface area contributed by atoms with Crippen molar-refractivity contribution in [2.45, 2.75) is 25.7 Å². The van der Waals surface area contributed by atoms with E-state index in [0.717, 1.165) is 35.3 Å². The summed E-state index contributed by atoms with van der Waals surface area (Å²) in [6.07, 6.45) is 2.68. The van der Waals surface area contributed by atoms with Crippen LogP contribution in [0.15, 0.2) is 47.8 Å². The summed E-state index contributed by atoms with van der Waals surface area (Å²) in [5.74, 6) is -0.461. The second-order valence-electron chi connectivity index (χ2n) is 8.54. The number of anilines is 2. The molecular formula is C25H23ClN4O3S. The minimum Gasteiger partial charge on any atom is -0.338 e. The zero-order valence-electron chi connectivity index (χ0n) is 18.3. The maximum Gasteiger partial charge on any atom is 0.253 e. The van der Waals surface area contributed by atoms with Gasteiger partial charge in [0, 0.05) is 46.7 Å². The van der Waals surface area contributed by atoms with Crippen LogP contribution in [0.1, 0.15) is 35.2 Å². The van der Waals surface area contributed by atoms with Gasteiger partial charge in [0.05, 0.1) is 11.6 Å². The standard InChI is InChI=1S/C25H23ClN4O3S/c26-19-7-3-15(4-8-19)24(33)30-11-1-2-18(13-30)23(32)29-25-28-21(14-34-25)17-5-9-20-16(12-17)6-10-22(31)27-20/h3-5,7-9,12,14,18H,1-2,6,10-11,13H2,(H,27,31)(H,28,29,32). The van der Waals surface area contributed by atoms with E-state index < -0.39 is 0 Å². The fourth-order valence-corrected chi connectivity index (χ4v) is 5.21. The number of nitrogens with zero attached hydrogens (tertiary/aromatic N) is 2. The van der Waals surface area contributed by atoms with E-state index in [1.54, 1.807) is 29.2 Å². The second-order valence-corrected chi connectivity index (χ2v) is 9.84. The summed E-state index contributed by atoms with van der Waals surface area (Å²) < 4.78 is 0. The molecule has 3 amide bonds. The fourth-order valence-electron chi connectivity index (χ4n) is 4.36. The average molecular weight is 495 g/mol. The monoisotopic (exact) mass is 494 g/mol. The highest BCUT2D eigenvalue weighted by atomic mass is 35.5. The van der Waals surface area contributed by atoms with Gasteiger partial charge in [-0.25, -0.2) is 4.98 Å². The number of halogens is 1. The third-order valence-corrected chi connectivity index (χ3v) is 7.21. The van der Waals surface area contributed by atoms with Gasteiger partial charge in [-0.05, 0) is 61.2 Å². The molecule has 3 aromatic rings. The largest absolute Gasteiger partial charge is 0.338 e. The molecule has 1 fully saturated rings. The van der Waals surface area contributed by atoms with Crippen LogP contribution < -0.4 is 10.6 Å². The number of rotatable bonds is 4. The highest BCUT2D eigenvalue weighted by Crippen LogP contribution is 2.31. The molecule has 0 aliphatic carbocycles. The summed E-state index contributed by atoms with van der Waals surface area (Å²) in [6.45, 7) is 1.01. The number of hydrogen-bond acceptors (Lipinski definition) is 5. The van der Waals surface area contributed by atoms with Crippen LogP contribution in [0.5, 0.6) is 0 Å². The van der Waals surface area contributed by atoms with Gasteiger partial charge >= 0.3 is 0 Å². The van der Waals surface area contributed by atoms with Crippen molar-refractivity contribution in [3.05, 3.63) is 64.0 Å². The van der Waals surface area contributed by atoms with Gasteiger partial charge in [-0.2, -0.15) is 0 Å². The van der Waals surface area contributed by atoms with Crippen molar-refractivity contribution in [3.63, 3.8) is 0 Å². The number of likely N-dealkylation sites (tertiary alicyclic amines) is 1. The number of benzene rings is 2. The molecule has 34 heavy (non-hydrogen) atoms. The average Bonchev–Trinajstić information content (AvgIpc) is 3.32. The summed E-state index contributed by atoms with van der Waals surface area (Å²) in [5, 5.41) is 8.84. The molecule has 0 bridgehead atoms. The Morgan fingerprint density at radius 3 is 2.79 bits per heavy atom. The van der Waals surface area contributed by atoms with Crippen molar-refractivity contribution in [3.8, 4) is 11.3 Å². The van der Waals surface area contributed by atoms with E-state index in [4.69, 9.17) is 11.6 Å². The molecule has 1 aromatic heterocycles. The third kappa shape index (κ3) is 4.83.